The SMILES string of the molecule is CCCCN(CCCC)c1ccc(/C=C/c2cc[n+](CCC[N+](CC)(CC)CC)cc2)s1. The molecule has 0 aliphatic heterocycles. The lowest BCUT2D eigenvalue weighted by molar-refractivity contribution is -0.925. The predicted octanol–water partition coefficient (Wildman–Crippen LogP) is 6.88. The molecule has 2 aromatic rings. The van der Waals surface area contributed by atoms with E-state index in [1.165, 1.54) is 91.3 Å². The van der Waals surface area contributed by atoms with E-state index in [0.29, 0.717) is 0 Å². The molecule has 0 fully saturated rings. The minimum Gasteiger partial charge on any atom is -0.363 e. The summed E-state index contributed by atoms with van der Waals surface area (Å²) in [6.07, 6.45) is 15.3. The van der Waals surface area contributed by atoms with Gasteiger partial charge in [0.15, 0.2) is 18.9 Å². The van der Waals surface area contributed by atoms with Gasteiger partial charge in [-0.3, -0.25) is 0 Å². The first-order chi connectivity index (χ1) is 15.6. The Morgan fingerprint density at radius 1 is 0.812 bits per heavy atom. The lowest BCUT2D eigenvalue weighted by atomic mass is 10.2. The van der Waals surface area contributed by atoms with Crippen molar-refractivity contribution in [2.75, 3.05) is 44.2 Å². The lowest BCUT2D eigenvalue weighted by Gasteiger charge is -2.35. The maximum absolute atomic E-state index is 2.57. The molecule has 2 heterocycles. The van der Waals surface area contributed by atoms with E-state index in [1.807, 2.05) is 11.3 Å². The summed E-state index contributed by atoms with van der Waals surface area (Å²) in [6, 6.07) is 9.04. The Hall–Kier alpha value is -1.65. The highest BCUT2D eigenvalue weighted by Crippen LogP contribution is 2.28. The van der Waals surface area contributed by atoms with Gasteiger partial charge in [0, 0.05) is 30.1 Å². The largest absolute Gasteiger partial charge is 0.363 e. The molecular weight excluding hydrogens is 410 g/mol. The molecule has 3 nitrogen and oxygen atoms in total. The molecule has 4 heteroatoms. The third kappa shape index (κ3) is 8.37. The number of aromatic nitrogens is 1. The number of unbranched alkanes of at least 4 members (excludes halogenated alkanes) is 2. The van der Waals surface area contributed by atoms with Crippen molar-refractivity contribution in [1.29, 1.82) is 0 Å². The summed E-state index contributed by atoms with van der Waals surface area (Å²) in [6.45, 7) is 20.0. The number of thiophene rings is 1. The Bertz CT molecular complexity index is 758. The molecule has 0 radical (unpaired) electrons. The zero-order valence-electron chi connectivity index (χ0n) is 21.4. The van der Waals surface area contributed by atoms with Crippen LogP contribution < -0.4 is 9.47 Å². The van der Waals surface area contributed by atoms with Crippen molar-refractivity contribution < 1.29 is 9.05 Å². The molecule has 0 saturated carbocycles. The molecule has 0 unspecified atom stereocenters. The van der Waals surface area contributed by atoms with Crippen LogP contribution in [0.15, 0.2) is 36.7 Å². The molecule has 2 aromatic heterocycles. The summed E-state index contributed by atoms with van der Waals surface area (Å²) in [5.74, 6) is 0. The number of quaternary nitrogens is 1. The van der Waals surface area contributed by atoms with Crippen LogP contribution in [0.25, 0.3) is 12.2 Å². The van der Waals surface area contributed by atoms with Crippen LogP contribution in [0.3, 0.4) is 0 Å². The van der Waals surface area contributed by atoms with E-state index < -0.39 is 0 Å². The van der Waals surface area contributed by atoms with Gasteiger partial charge in [-0.1, -0.05) is 32.8 Å². The van der Waals surface area contributed by atoms with Crippen LogP contribution in [-0.4, -0.2) is 43.8 Å². The highest BCUT2D eigenvalue weighted by molar-refractivity contribution is 7.17. The number of rotatable bonds is 16. The van der Waals surface area contributed by atoms with E-state index in [0.717, 1.165) is 6.54 Å². The molecule has 0 saturated heterocycles. The number of nitrogens with zero attached hydrogens (tertiary/aromatic N) is 3. The van der Waals surface area contributed by atoms with Crippen LogP contribution in [0.4, 0.5) is 5.00 Å². The molecule has 2 rings (SSSR count). The Morgan fingerprint density at radius 3 is 2.00 bits per heavy atom. The van der Waals surface area contributed by atoms with E-state index in [2.05, 4.69) is 92.9 Å². The fourth-order valence-electron chi connectivity index (χ4n) is 4.27. The highest BCUT2D eigenvalue weighted by atomic mass is 32.1. The van der Waals surface area contributed by atoms with Crippen LogP contribution in [0.2, 0.25) is 0 Å². The van der Waals surface area contributed by atoms with Crippen molar-refractivity contribution in [2.24, 2.45) is 0 Å². The molecule has 0 spiro atoms. The van der Waals surface area contributed by atoms with E-state index >= 15 is 0 Å². The summed E-state index contributed by atoms with van der Waals surface area (Å²) in [7, 11) is 0. The third-order valence-corrected chi connectivity index (χ3v) is 8.02. The number of aryl methyl sites for hydroxylation is 1. The van der Waals surface area contributed by atoms with Gasteiger partial charge in [-0.25, -0.2) is 4.57 Å². The summed E-state index contributed by atoms with van der Waals surface area (Å²) < 4.78 is 3.56. The minimum absolute atomic E-state index is 1.10. The van der Waals surface area contributed by atoms with Crippen LogP contribution in [0.5, 0.6) is 0 Å². The molecule has 32 heavy (non-hydrogen) atoms. The normalized spacial score (nSPS) is 12.0. The second-order valence-electron chi connectivity index (χ2n) is 8.94. The first kappa shape index (κ1) is 26.6. The van der Waals surface area contributed by atoms with Crippen LogP contribution >= 0.6 is 11.3 Å². The van der Waals surface area contributed by atoms with Gasteiger partial charge in [-0.2, -0.15) is 0 Å². The fourth-order valence-corrected chi connectivity index (χ4v) is 5.23. The number of hydrogen-bond acceptors (Lipinski definition) is 2. The Morgan fingerprint density at radius 2 is 1.44 bits per heavy atom. The highest BCUT2D eigenvalue weighted by Gasteiger charge is 2.20. The second-order valence-corrected chi connectivity index (χ2v) is 10.0. The molecule has 0 N–H and O–H groups in total. The van der Waals surface area contributed by atoms with Crippen molar-refractivity contribution >= 4 is 28.5 Å². The molecule has 0 aliphatic rings. The maximum Gasteiger partial charge on any atom is 0.169 e. The summed E-state index contributed by atoms with van der Waals surface area (Å²) in [5, 5.41) is 1.41. The quantitative estimate of drug-likeness (QED) is 0.197. The van der Waals surface area contributed by atoms with E-state index in [1.54, 1.807) is 0 Å². The van der Waals surface area contributed by atoms with Gasteiger partial charge in [-0.05, 0) is 57.4 Å². The van der Waals surface area contributed by atoms with Crippen molar-refractivity contribution in [3.05, 3.63) is 47.1 Å². The molecule has 0 amide bonds. The van der Waals surface area contributed by atoms with Crippen molar-refractivity contribution in [3.8, 4) is 0 Å². The molecule has 0 aliphatic carbocycles. The Labute approximate surface area is 202 Å². The molecule has 0 bridgehead atoms. The van der Waals surface area contributed by atoms with Crippen LogP contribution in [-0.2, 0) is 6.54 Å². The number of pyridine rings is 1. The summed E-state index contributed by atoms with van der Waals surface area (Å²) in [4.78, 5) is 3.91. The first-order valence-electron chi connectivity index (χ1n) is 13.0. The van der Waals surface area contributed by atoms with Crippen LogP contribution in [0, 0.1) is 0 Å². The topological polar surface area (TPSA) is 7.12 Å². The molecule has 0 atom stereocenters. The van der Waals surface area contributed by atoms with Gasteiger partial charge in [0.1, 0.15) is 0 Å². The number of hydrogen-bond donors (Lipinski definition) is 0. The smallest absolute Gasteiger partial charge is 0.169 e. The van der Waals surface area contributed by atoms with Crippen molar-refractivity contribution in [2.45, 2.75) is 73.3 Å². The van der Waals surface area contributed by atoms with Crippen LogP contribution in [0.1, 0.15) is 77.2 Å². The van der Waals surface area contributed by atoms with Gasteiger partial charge in [-0.15, -0.1) is 11.3 Å². The molecule has 178 valence electrons. The van der Waals surface area contributed by atoms with Gasteiger partial charge in [0.2, 0.25) is 0 Å². The summed E-state index contributed by atoms with van der Waals surface area (Å²) in [5.41, 5.74) is 1.27. The minimum atomic E-state index is 1.10. The molecular formula is C28H47N3S+2. The fraction of sp³-hybridized carbons (Fsp3) is 0.607. The number of anilines is 1. The maximum atomic E-state index is 2.57. The standard InChI is InChI=1S/C28H47N3S/c1-6-11-21-30(22-12-7-2)28-17-16-27(32-28)15-14-26-18-23-29(24-19-26)20-13-25-31(8-3,9-4)10-5/h14-19,23-24H,6-13,20-22,25H2,1-5H3/q+2. The van der Waals surface area contributed by atoms with Gasteiger partial charge in [0.25, 0.3) is 0 Å². The van der Waals surface area contributed by atoms with Crippen molar-refractivity contribution in [3.63, 3.8) is 0 Å². The van der Waals surface area contributed by atoms with E-state index in [-0.39, 0.29) is 0 Å². The predicted molar refractivity (Wildman–Crippen MR) is 143 cm³/mol. The van der Waals surface area contributed by atoms with Crippen molar-refractivity contribution in [1.82, 2.24) is 0 Å². The molecule has 0 aromatic carbocycles. The van der Waals surface area contributed by atoms with E-state index in [9.17, 15) is 0 Å². The monoisotopic (exact) mass is 457 g/mol. The van der Waals surface area contributed by atoms with Gasteiger partial charge < -0.3 is 9.38 Å². The average molecular weight is 458 g/mol. The third-order valence-electron chi connectivity index (χ3n) is 6.91. The summed E-state index contributed by atoms with van der Waals surface area (Å²) >= 11 is 1.92. The average Bonchev–Trinajstić information content (AvgIpc) is 3.31. The zero-order chi connectivity index (χ0) is 23.2. The second kappa shape index (κ2) is 14.5. The first-order valence-corrected chi connectivity index (χ1v) is 13.8. The zero-order valence-corrected chi connectivity index (χ0v) is 22.2. The Balaban J connectivity index is 1.91. The Kier molecular flexibility index (Phi) is 12.0. The lowest BCUT2D eigenvalue weighted by Crippen LogP contribution is -2.49. The van der Waals surface area contributed by atoms with E-state index in [4.69, 9.17) is 0 Å². The van der Waals surface area contributed by atoms with Gasteiger partial charge in [0.05, 0.1) is 37.6 Å². The van der Waals surface area contributed by atoms with Gasteiger partial charge >= 0.3 is 0 Å².